The summed E-state index contributed by atoms with van der Waals surface area (Å²) in [4.78, 5) is 14.1. The van der Waals surface area contributed by atoms with Gasteiger partial charge < -0.3 is 9.72 Å². The van der Waals surface area contributed by atoms with Crippen molar-refractivity contribution < 1.29 is 4.74 Å². The molecule has 0 unspecified atom stereocenters. The van der Waals surface area contributed by atoms with Crippen LogP contribution in [0, 0.1) is 11.3 Å². The fraction of sp³-hybridized carbons (Fsp3) is 0.286. The van der Waals surface area contributed by atoms with Gasteiger partial charge in [0, 0.05) is 17.9 Å². The maximum Gasteiger partial charge on any atom is 0.248 e. The number of hydrogen-bond donors (Lipinski definition) is 1. The number of ether oxygens (including phenoxy) is 1. The number of aromatic nitrogens is 1. The highest BCUT2D eigenvalue weighted by Gasteiger charge is 2.02. The molecule has 0 spiro atoms. The molecule has 0 amide bonds. The van der Waals surface area contributed by atoms with Gasteiger partial charge in [-0.25, -0.2) is 0 Å². The van der Waals surface area contributed by atoms with Gasteiger partial charge in [-0.3, -0.25) is 4.79 Å². The van der Waals surface area contributed by atoms with Crippen LogP contribution in [0.4, 0.5) is 0 Å². The first-order valence-electron chi connectivity index (χ1n) is 5.93. The Bertz CT molecular complexity index is 625. The summed E-state index contributed by atoms with van der Waals surface area (Å²) in [5.41, 5.74) is 0.591. The molecule has 18 heavy (non-hydrogen) atoms. The number of unbranched alkanes of at least 4 members (excludes halogenated alkanes) is 2. The van der Waals surface area contributed by atoms with Gasteiger partial charge in [-0.1, -0.05) is 12.1 Å². The molecule has 92 valence electrons. The summed E-state index contributed by atoms with van der Waals surface area (Å²) in [7, 11) is 0. The Labute approximate surface area is 105 Å². The Morgan fingerprint density at radius 3 is 2.94 bits per heavy atom. The minimum Gasteiger partial charge on any atom is -0.491 e. The zero-order valence-electron chi connectivity index (χ0n) is 9.98. The second-order valence-electron chi connectivity index (χ2n) is 4.01. The van der Waals surface area contributed by atoms with Crippen molar-refractivity contribution in [1.82, 2.24) is 4.98 Å². The fourth-order valence-electron chi connectivity index (χ4n) is 1.76. The van der Waals surface area contributed by atoms with E-state index < -0.39 is 0 Å². The molecule has 1 aromatic heterocycles. The zero-order chi connectivity index (χ0) is 12.8. The number of benzene rings is 1. The molecule has 0 fully saturated rings. The van der Waals surface area contributed by atoms with Gasteiger partial charge >= 0.3 is 0 Å². The zero-order valence-corrected chi connectivity index (χ0v) is 9.98. The minimum absolute atomic E-state index is 0.136. The largest absolute Gasteiger partial charge is 0.491 e. The third-order valence-corrected chi connectivity index (χ3v) is 2.66. The molecule has 0 radical (unpaired) electrons. The number of fused-ring (bicyclic) bond motifs is 1. The summed E-state index contributed by atoms with van der Waals surface area (Å²) < 4.78 is 5.64. The highest BCUT2D eigenvalue weighted by molar-refractivity contribution is 5.84. The highest BCUT2D eigenvalue weighted by atomic mass is 16.5. The maximum absolute atomic E-state index is 11.3. The second kappa shape index (κ2) is 5.87. The van der Waals surface area contributed by atoms with Crippen LogP contribution >= 0.6 is 0 Å². The van der Waals surface area contributed by atoms with Crippen LogP contribution in [0.5, 0.6) is 5.75 Å². The number of aromatic amines is 1. The molecular formula is C14H14N2O2. The Hall–Kier alpha value is -2.28. The SMILES string of the molecule is N#CCCCCOc1cccc2ccc(=O)[nH]c12. The van der Waals surface area contributed by atoms with E-state index in [2.05, 4.69) is 11.1 Å². The monoisotopic (exact) mass is 242 g/mol. The van der Waals surface area contributed by atoms with E-state index in [4.69, 9.17) is 10.00 Å². The van der Waals surface area contributed by atoms with E-state index in [0.29, 0.717) is 18.8 Å². The Morgan fingerprint density at radius 1 is 1.22 bits per heavy atom. The van der Waals surface area contributed by atoms with Gasteiger partial charge in [0.25, 0.3) is 0 Å². The van der Waals surface area contributed by atoms with Crippen LogP contribution in [0.15, 0.2) is 35.1 Å². The van der Waals surface area contributed by atoms with Crippen molar-refractivity contribution in [1.29, 1.82) is 5.26 Å². The highest BCUT2D eigenvalue weighted by Crippen LogP contribution is 2.22. The Morgan fingerprint density at radius 2 is 2.11 bits per heavy atom. The van der Waals surface area contributed by atoms with Crippen molar-refractivity contribution in [2.75, 3.05) is 6.61 Å². The quantitative estimate of drug-likeness (QED) is 0.819. The lowest BCUT2D eigenvalue weighted by Gasteiger charge is -2.08. The van der Waals surface area contributed by atoms with Crippen molar-refractivity contribution in [2.45, 2.75) is 19.3 Å². The van der Waals surface area contributed by atoms with Gasteiger partial charge in [0.05, 0.1) is 18.2 Å². The van der Waals surface area contributed by atoms with E-state index in [0.717, 1.165) is 23.7 Å². The normalized spacial score (nSPS) is 10.2. The number of pyridine rings is 1. The molecule has 4 heteroatoms. The van der Waals surface area contributed by atoms with Crippen molar-refractivity contribution >= 4 is 10.9 Å². The van der Waals surface area contributed by atoms with E-state index in [1.807, 2.05) is 18.2 Å². The first-order chi connectivity index (χ1) is 8.81. The molecule has 4 nitrogen and oxygen atoms in total. The number of nitrogens with zero attached hydrogens (tertiary/aromatic N) is 1. The molecule has 1 heterocycles. The van der Waals surface area contributed by atoms with Crippen LogP contribution in [0.2, 0.25) is 0 Å². The molecule has 0 bridgehead atoms. The second-order valence-corrected chi connectivity index (χ2v) is 4.01. The summed E-state index contributed by atoms with van der Waals surface area (Å²) in [5, 5.41) is 9.37. The van der Waals surface area contributed by atoms with Crippen molar-refractivity contribution in [3.05, 3.63) is 40.7 Å². The standard InChI is InChI=1S/C14H14N2O2/c15-9-2-1-3-10-18-12-6-4-5-11-7-8-13(17)16-14(11)12/h4-8H,1-3,10H2,(H,16,17). The third kappa shape index (κ3) is 2.89. The summed E-state index contributed by atoms with van der Waals surface area (Å²) in [6, 6.07) is 11.0. The van der Waals surface area contributed by atoms with Crippen LogP contribution in [0.3, 0.4) is 0 Å². The van der Waals surface area contributed by atoms with E-state index in [1.54, 1.807) is 6.07 Å². The summed E-state index contributed by atoms with van der Waals surface area (Å²) in [5.74, 6) is 0.683. The molecule has 2 aromatic rings. The Balaban J connectivity index is 2.11. The van der Waals surface area contributed by atoms with E-state index >= 15 is 0 Å². The van der Waals surface area contributed by atoms with E-state index in [-0.39, 0.29) is 5.56 Å². The molecular weight excluding hydrogens is 228 g/mol. The first-order valence-corrected chi connectivity index (χ1v) is 5.93. The third-order valence-electron chi connectivity index (χ3n) is 2.66. The number of rotatable bonds is 5. The van der Waals surface area contributed by atoms with Crippen LogP contribution in [-0.2, 0) is 0 Å². The lowest BCUT2D eigenvalue weighted by atomic mass is 10.2. The lowest BCUT2D eigenvalue weighted by molar-refractivity contribution is 0.310. The predicted molar refractivity (Wildman–Crippen MR) is 69.5 cm³/mol. The number of hydrogen-bond acceptors (Lipinski definition) is 3. The van der Waals surface area contributed by atoms with Crippen LogP contribution in [0.25, 0.3) is 10.9 Å². The molecule has 1 aromatic carbocycles. The van der Waals surface area contributed by atoms with Gasteiger partial charge in [0.2, 0.25) is 5.56 Å². The minimum atomic E-state index is -0.136. The molecule has 0 saturated carbocycles. The summed E-state index contributed by atoms with van der Waals surface area (Å²) >= 11 is 0. The van der Waals surface area contributed by atoms with Gasteiger partial charge in [-0.2, -0.15) is 5.26 Å². The molecule has 2 rings (SSSR count). The van der Waals surface area contributed by atoms with Crippen molar-refractivity contribution in [3.63, 3.8) is 0 Å². The fourth-order valence-corrected chi connectivity index (χ4v) is 1.76. The average molecular weight is 242 g/mol. The Kier molecular flexibility index (Phi) is 3.98. The number of nitrogens with one attached hydrogen (secondary N) is 1. The molecule has 0 aliphatic heterocycles. The molecule has 0 atom stereocenters. The average Bonchev–Trinajstić information content (AvgIpc) is 2.39. The lowest BCUT2D eigenvalue weighted by Crippen LogP contribution is -2.05. The van der Waals surface area contributed by atoms with Crippen LogP contribution < -0.4 is 10.3 Å². The van der Waals surface area contributed by atoms with Gasteiger partial charge in [0.1, 0.15) is 5.75 Å². The summed E-state index contributed by atoms with van der Waals surface area (Å²) in [6.45, 7) is 0.553. The van der Waals surface area contributed by atoms with Gasteiger partial charge in [-0.05, 0) is 25.0 Å². The van der Waals surface area contributed by atoms with Crippen molar-refractivity contribution in [2.24, 2.45) is 0 Å². The smallest absolute Gasteiger partial charge is 0.248 e. The van der Waals surface area contributed by atoms with E-state index in [9.17, 15) is 4.79 Å². The van der Waals surface area contributed by atoms with E-state index in [1.165, 1.54) is 6.07 Å². The van der Waals surface area contributed by atoms with Crippen LogP contribution in [-0.4, -0.2) is 11.6 Å². The maximum atomic E-state index is 11.3. The predicted octanol–water partition coefficient (Wildman–Crippen LogP) is 2.60. The topological polar surface area (TPSA) is 65.9 Å². The molecule has 0 saturated heterocycles. The molecule has 0 aliphatic rings. The first kappa shape index (κ1) is 12.2. The van der Waals surface area contributed by atoms with Crippen LogP contribution in [0.1, 0.15) is 19.3 Å². The number of para-hydroxylation sites is 1. The van der Waals surface area contributed by atoms with Crippen molar-refractivity contribution in [3.8, 4) is 11.8 Å². The molecule has 1 N–H and O–H groups in total. The number of nitriles is 1. The van der Waals surface area contributed by atoms with Gasteiger partial charge in [0.15, 0.2) is 0 Å². The van der Waals surface area contributed by atoms with Gasteiger partial charge in [-0.15, -0.1) is 0 Å². The number of H-pyrrole nitrogens is 1. The summed E-state index contributed by atoms with van der Waals surface area (Å²) in [6.07, 6.45) is 2.22. The molecule has 0 aliphatic carbocycles.